The molecule has 0 unspecified atom stereocenters. The highest BCUT2D eigenvalue weighted by molar-refractivity contribution is 7.13. The van der Waals surface area contributed by atoms with Gasteiger partial charge in [0.05, 0.1) is 5.69 Å². The maximum absolute atomic E-state index is 12.0. The van der Waals surface area contributed by atoms with Crippen LogP contribution in [0, 0.1) is 0 Å². The van der Waals surface area contributed by atoms with Crippen LogP contribution < -0.4 is 5.32 Å². The number of rotatable bonds is 7. The molecule has 3 aromatic heterocycles. The molecule has 1 amide bonds. The van der Waals surface area contributed by atoms with Crippen LogP contribution in [-0.4, -0.2) is 32.6 Å². The molecule has 1 N–H and O–H groups in total. The molecule has 8 heteroatoms. The van der Waals surface area contributed by atoms with E-state index in [1.807, 2.05) is 38.3 Å². The van der Waals surface area contributed by atoms with Crippen LogP contribution in [-0.2, 0) is 23.1 Å². The third-order valence-electron chi connectivity index (χ3n) is 3.87. The first-order chi connectivity index (χ1) is 12.9. The molecule has 0 spiro atoms. The summed E-state index contributed by atoms with van der Waals surface area (Å²) in [5.74, 6) is 1.21. The van der Waals surface area contributed by atoms with Gasteiger partial charge in [0.15, 0.2) is 5.82 Å². The van der Waals surface area contributed by atoms with Gasteiger partial charge < -0.3 is 9.84 Å². The van der Waals surface area contributed by atoms with Crippen molar-refractivity contribution in [2.45, 2.75) is 45.4 Å². The van der Waals surface area contributed by atoms with Crippen molar-refractivity contribution in [3.63, 3.8) is 0 Å². The first kappa shape index (κ1) is 19.2. The van der Waals surface area contributed by atoms with E-state index in [0.717, 1.165) is 16.3 Å². The lowest BCUT2D eigenvalue weighted by atomic mass is 9.97. The van der Waals surface area contributed by atoms with Gasteiger partial charge in [-0.05, 0) is 18.6 Å². The van der Waals surface area contributed by atoms with Gasteiger partial charge in [0.2, 0.25) is 11.8 Å². The van der Waals surface area contributed by atoms with Crippen molar-refractivity contribution in [1.29, 1.82) is 0 Å². The maximum Gasteiger partial charge on any atom is 0.232 e. The lowest BCUT2D eigenvalue weighted by Gasteiger charge is -2.10. The van der Waals surface area contributed by atoms with E-state index < -0.39 is 0 Å². The van der Waals surface area contributed by atoms with Gasteiger partial charge in [-0.2, -0.15) is 4.98 Å². The van der Waals surface area contributed by atoms with E-state index in [9.17, 15) is 4.79 Å². The number of carbonyl (C=O) groups is 1. The minimum absolute atomic E-state index is 0.00648. The number of hydrogen-bond acceptors (Lipinski definition) is 7. The zero-order valence-corrected chi connectivity index (χ0v) is 16.5. The fraction of sp³-hybridized carbons (Fsp3) is 0.421. The molecule has 7 nitrogen and oxygen atoms in total. The predicted molar refractivity (Wildman–Crippen MR) is 103 cm³/mol. The number of nitrogens with one attached hydrogen (secondary N) is 1. The molecule has 0 radical (unpaired) electrons. The molecule has 0 aliphatic carbocycles. The second-order valence-electron chi connectivity index (χ2n) is 7.25. The van der Waals surface area contributed by atoms with Crippen molar-refractivity contribution in [1.82, 2.24) is 25.4 Å². The minimum Gasteiger partial charge on any atom is -0.356 e. The van der Waals surface area contributed by atoms with Gasteiger partial charge in [-0.25, -0.2) is 4.98 Å². The van der Waals surface area contributed by atoms with Crippen LogP contribution in [0.2, 0.25) is 0 Å². The number of hydrogen-bond donors (Lipinski definition) is 1. The lowest BCUT2D eigenvalue weighted by Crippen LogP contribution is -2.26. The Morgan fingerprint density at radius 3 is 2.67 bits per heavy atom. The molecule has 3 rings (SSSR count). The molecule has 3 aromatic rings. The number of nitrogens with zero attached hydrogens (tertiary/aromatic N) is 4. The van der Waals surface area contributed by atoms with Crippen LogP contribution in [0.25, 0.3) is 10.6 Å². The SMILES string of the molecule is CC(C)(C)c1nc(CCNC(=O)CCc2csc(-c3ccncc3)n2)no1. The van der Waals surface area contributed by atoms with E-state index >= 15 is 0 Å². The van der Waals surface area contributed by atoms with Crippen LogP contribution in [0.15, 0.2) is 34.4 Å². The van der Waals surface area contributed by atoms with E-state index in [2.05, 4.69) is 25.4 Å². The topological polar surface area (TPSA) is 93.8 Å². The Balaban J connectivity index is 1.41. The van der Waals surface area contributed by atoms with Crippen LogP contribution >= 0.6 is 11.3 Å². The number of aromatic nitrogens is 4. The van der Waals surface area contributed by atoms with E-state index in [-0.39, 0.29) is 11.3 Å². The molecule has 0 aliphatic heterocycles. The van der Waals surface area contributed by atoms with Gasteiger partial charge in [-0.1, -0.05) is 25.9 Å². The summed E-state index contributed by atoms with van der Waals surface area (Å²) < 4.78 is 5.25. The first-order valence-electron chi connectivity index (χ1n) is 8.86. The number of amides is 1. The second-order valence-corrected chi connectivity index (χ2v) is 8.10. The predicted octanol–water partition coefficient (Wildman–Crippen LogP) is 3.18. The average Bonchev–Trinajstić information content (AvgIpc) is 3.30. The summed E-state index contributed by atoms with van der Waals surface area (Å²) in [5, 5.41) is 9.79. The second kappa shape index (κ2) is 8.39. The van der Waals surface area contributed by atoms with Crippen molar-refractivity contribution in [3.05, 3.63) is 47.3 Å². The molecule has 27 heavy (non-hydrogen) atoms. The van der Waals surface area contributed by atoms with Gasteiger partial charge in [-0.15, -0.1) is 11.3 Å². The summed E-state index contributed by atoms with van der Waals surface area (Å²) in [7, 11) is 0. The Kier molecular flexibility index (Phi) is 5.95. The lowest BCUT2D eigenvalue weighted by molar-refractivity contribution is -0.121. The van der Waals surface area contributed by atoms with E-state index in [1.165, 1.54) is 0 Å². The van der Waals surface area contributed by atoms with Gasteiger partial charge in [0.25, 0.3) is 0 Å². The highest BCUT2D eigenvalue weighted by Crippen LogP contribution is 2.23. The van der Waals surface area contributed by atoms with Crippen molar-refractivity contribution >= 4 is 17.2 Å². The van der Waals surface area contributed by atoms with Gasteiger partial charge in [0.1, 0.15) is 5.01 Å². The molecule has 0 fully saturated rings. The molecule has 0 aromatic carbocycles. The monoisotopic (exact) mass is 385 g/mol. The Morgan fingerprint density at radius 1 is 1.19 bits per heavy atom. The largest absolute Gasteiger partial charge is 0.356 e. The number of aryl methyl sites for hydroxylation is 1. The molecule has 0 aliphatic rings. The molecule has 0 saturated carbocycles. The fourth-order valence-corrected chi connectivity index (χ4v) is 3.21. The molecule has 0 atom stereocenters. The van der Waals surface area contributed by atoms with Gasteiger partial charge >= 0.3 is 0 Å². The standard InChI is InChI=1S/C19H23N5O2S/c1-19(2,3)18-23-15(24-26-18)8-11-21-16(25)5-4-14-12-27-17(22-14)13-6-9-20-10-7-13/h6-7,9-10,12H,4-5,8,11H2,1-3H3,(H,21,25). The normalized spacial score (nSPS) is 11.5. The Morgan fingerprint density at radius 2 is 1.96 bits per heavy atom. The van der Waals surface area contributed by atoms with E-state index in [4.69, 9.17) is 4.52 Å². The Hall–Kier alpha value is -2.61. The number of carbonyl (C=O) groups excluding carboxylic acids is 1. The zero-order valence-electron chi connectivity index (χ0n) is 15.7. The molecule has 0 bridgehead atoms. The quantitative estimate of drug-likeness (QED) is 0.671. The molecule has 142 valence electrons. The first-order valence-corrected chi connectivity index (χ1v) is 9.74. The zero-order chi connectivity index (χ0) is 19.3. The Labute approximate surface area is 162 Å². The van der Waals surface area contributed by atoms with Crippen molar-refractivity contribution < 1.29 is 9.32 Å². The molecular weight excluding hydrogens is 362 g/mol. The summed E-state index contributed by atoms with van der Waals surface area (Å²) in [6, 6.07) is 3.86. The smallest absolute Gasteiger partial charge is 0.232 e. The third kappa shape index (κ3) is 5.43. The summed E-state index contributed by atoms with van der Waals surface area (Å²) in [5.41, 5.74) is 1.80. The van der Waals surface area contributed by atoms with E-state index in [1.54, 1.807) is 23.7 Å². The molecule has 0 saturated heterocycles. The summed E-state index contributed by atoms with van der Waals surface area (Å²) in [6.45, 7) is 6.54. The van der Waals surface area contributed by atoms with Crippen LogP contribution in [0.1, 0.15) is 44.6 Å². The third-order valence-corrected chi connectivity index (χ3v) is 4.81. The van der Waals surface area contributed by atoms with Crippen molar-refractivity contribution in [3.8, 4) is 10.6 Å². The van der Waals surface area contributed by atoms with Gasteiger partial charge in [-0.3, -0.25) is 9.78 Å². The van der Waals surface area contributed by atoms with Crippen LogP contribution in [0.5, 0.6) is 0 Å². The highest BCUT2D eigenvalue weighted by atomic mass is 32.1. The van der Waals surface area contributed by atoms with Crippen LogP contribution in [0.4, 0.5) is 0 Å². The highest BCUT2D eigenvalue weighted by Gasteiger charge is 2.21. The average molecular weight is 385 g/mol. The maximum atomic E-state index is 12.0. The summed E-state index contributed by atoms with van der Waals surface area (Å²) >= 11 is 1.58. The van der Waals surface area contributed by atoms with Crippen molar-refractivity contribution in [2.24, 2.45) is 0 Å². The van der Waals surface area contributed by atoms with E-state index in [0.29, 0.717) is 37.5 Å². The summed E-state index contributed by atoms with van der Waals surface area (Å²) in [4.78, 5) is 25.0. The minimum atomic E-state index is -0.169. The summed E-state index contributed by atoms with van der Waals surface area (Å²) in [6.07, 6.45) is 5.06. The van der Waals surface area contributed by atoms with Gasteiger partial charge in [0, 0.05) is 48.1 Å². The molecular formula is C19H23N5O2S. The fourth-order valence-electron chi connectivity index (χ4n) is 2.35. The number of pyridine rings is 1. The number of thiazole rings is 1. The van der Waals surface area contributed by atoms with Crippen LogP contribution in [0.3, 0.4) is 0 Å². The Bertz CT molecular complexity index is 883. The van der Waals surface area contributed by atoms with Crippen molar-refractivity contribution in [2.75, 3.05) is 6.54 Å². The molecule has 3 heterocycles.